The highest BCUT2D eigenvalue weighted by Gasteiger charge is 2.28. The highest BCUT2D eigenvalue weighted by Crippen LogP contribution is 2.47. The summed E-state index contributed by atoms with van der Waals surface area (Å²) in [6, 6.07) is 3.21. The molecule has 224 valence electrons. The molecule has 0 aliphatic rings. The van der Waals surface area contributed by atoms with E-state index in [1.54, 1.807) is 0 Å². The molecule has 4 aromatic rings. The molecule has 0 saturated heterocycles. The Morgan fingerprint density at radius 1 is 0.548 bits per heavy atom. The van der Waals surface area contributed by atoms with E-state index < -0.39 is 116 Å². The summed E-state index contributed by atoms with van der Waals surface area (Å²) in [6.07, 6.45) is 0. The zero-order valence-corrected chi connectivity index (χ0v) is 23.2. The molecule has 0 spiro atoms. The van der Waals surface area contributed by atoms with Gasteiger partial charge in [-0.1, -0.05) is 0 Å². The standard InChI is InChI=1S/C20H15N3O15S4/c21-7-1-9-14(40(30,31)32)5-11(20(26)18(9)16(2-7)42(36,37)38)22-23-19-13(25)6-15(41(33,34)35)10-3-8(39(27,28)29)4-12(24)17(10)19/h1-6,24-26H,21H2,(H,27,28,29)(H,30,31,32)(H,33,34,35)(H,36,37,38). The summed E-state index contributed by atoms with van der Waals surface area (Å²) in [6.45, 7) is 0. The van der Waals surface area contributed by atoms with E-state index in [9.17, 15) is 67.2 Å². The van der Waals surface area contributed by atoms with Crippen LogP contribution < -0.4 is 5.73 Å². The van der Waals surface area contributed by atoms with E-state index in [0.29, 0.717) is 30.3 Å². The van der Waals surface area contributed by atoms with Gasteiger partial charge in [-0.05, 0) is 24.3 Å². The molecule has 4 rings (SSSR count). The molecule has 0 atom stereocenters. The van der Waals surface area contributed by atoms with Gasteiger partial charge in [0.15, 0.2) is 5.75 Å². The minimum absolute atomic E-state index is 0.350. The normalized spacial score (nSPS) is 13.3. The number of phenolic OH excluding ortho intramolecular Hbond substituents is 3. The Morgan fingerprint density at radius 2 is 1.07 bits per heavy atom. The number of rotatable bonds is 6. The number of hydrogen-bond acceptors (Lipinski definition) is 14. The third kappa shape index (κ3) is 5.51. The maximum atomic E-state index is 12.1. The number of nitrogens with two attached hydrogens (primary N) is 1. The van der Waals surface area contributed by atoms with Gasteiger partial charge in [-0.15, -0.1) is 10.2 Å². The maximum Gasteiger partial charge on any atom is 0.295 e. The van der Waals surface area contributed by atoms with Gasteiger partial charge in [-0.2, -0.15) is 33.7 Å². The number of aromatic hydroxyl groups is 3. The SMILES string of the molecule is Nc1cc(S(=O)(=O)O)c2c(O)c(N=Nc3c(O)cc(S(=O)(=O)O)c4cc(S(=O)(=O)O)cc(O)c34)cc(S(=O)(=O)O)c2c1. The molecule has 0 heterocycles. The fourth-order valence-corrected chi connectivity index (χ4v) is 6.65. The molecule has 0 unspecified atom stereocenters. The summed E-state index contributed by atoms with van der Waals surface area (Å²) in [4.78, 5) is -4.41. The predicted molar refractivity (Wildman–Crippen MR) is 141 cm³/mol. The Balaban J connectivity index is 2.14. The van der Waals surface area contributed by atoms with Crippen LogP contribution in [0.3, 0.4) is 0 Å². The molecule has 18 nitrogen and oxygen atoms in total. The van der Waals surface area contributed by atoms with E-state index in [1.807, 2.05) is 0 Å². The lowest BCUT2D eigenvalue weighted by atomic mass is 10.1. The van der Waals surface area contributed by atoms with Crippen molar-refractivity contribution in [3.05, 3.63) is 36.4 Å². The quantitative estimate of drug-likeness (QED) is 0.0830. The Bertz CT molecular complexity index is 2330. The van der Waals surface area contributed by atoms with Crippen LogP contribution in [0.15, 0.2) is 66.2 Å². The number of azo groups is 1. The van der Waals surface area contributed by atoms with Crippen LogP contribution in [0.25, 0.3) is 21.5 Å². The third-order valence-electron chi connectivity index (χ3n) is 5.63. The van der Waals surface area contributed by atoms with Crippen molar-refractivity contribution in [2.45, 2.75) is 19.6 Å². The van der Waals surface area contributed by atoms with E-state index in [0.717, 1.165) is 6.07 Å². The molecule has 0 aliphatic carbocycles. The van der Waals surface area contributed by atoms with Crippen LogP contribution in [-0.2, 0) is 40.5 Å². The van der Waals surface area contributed by atoms with Crippen LogP contribution in [0.2, 0.25) is 0 Å². The molecule has 0 fully saturated rings. The summed E-state index contributed by atoms with van der Waals surface area (Å²) in [7, 11) is -20.7. The van der Waals surface area contributed by atoms with Crippen molar-refractivity contribution in [3.63, 3.8) is 0 Å². The first-order valence-corrected chi connectivity index (χ1v) is 16.2. The third-order valence-corrected chi connectivity index (χ3v) is 9.13. The van der Waals surface area contributed by atoms with E-state index in [1.165, 1.54) is 0 Å². The Kier molecular flexibility index (Phi) is 7.11. The topological polar surface area (TPSA) is 329 Å². The van der Waals surface area contributed by atoms with Crippen molar-refractivity contribution in [1.29, 1.82) is 0 Å². The minimum Gasteiger partial charge on any atom is -0.507 e. The van der Waals surface area contributed by atoms with E-state index >= 15 is 0 Å². The smallest absolute Gasteiger partial charge is 0.295 e. The summed E-state index contributed by atoms with van der Waals surface area (Å²) in [5.74, 6) is -3.44. The minimum atomic E-state index is -5.24. The van der Waals surface area contributed by atoms with Crippen LogP contribution >= 0.6 is 0 Å². The highest BCUT2D eigenvalue weighted by molar-refractivity contribution is 7.87. The van der Waals surface area contributed by atoms with Crippen molar-refractivity contribution >= 4 is 79.1 Å². The molecule has 9 N–H and O–H groups in total. The van der Waals surface area contributed by atoms with Crippen LogP contribution in [0.1, 0.15) is 0 Å². The van der Waals surface area contributed by atoms with Crippen LogP contribution in [-0.4, -0.2) is 67.2 Å². The van der Waals surface area contributed by atoms with Crippen molar-refractivity contribution < 1.29 is 67.2 Å². The number of phenols is 3. The molecule has 0 aliphatic heterocycles. The fourth-order valence-electron chi connectivity index (χ4n) is 3.98. The fraction of sp³-hybridized carbons (Fsp3) is 0. The second kappa shape index (κ2) is 9.70. The predicted octanol–water partition coefficient (Wildman–Crippen LogP) is 2.09. The molecule has 4 aromatic carbocycles. The van der Waals surface area contributed by atoms with Gasteiger partial charge in [0.2, 0.25) is 0 Å². The largest absolute Gasteiger partial charge is 0.507 e. The first-order valence-electron chi connectivity index (χ1n) is 10.5. The van der Waals surface area contributed by atoms with Gasteiger partial charge in [0, 0.05) is 34.0 Å². The average Bonchev–Trinajstić information content (AvgIpc) is 2.81. The number of nitrogen functional groups attached to an aromatic ring is 1. The number of anilines is 1. The highest BCUT2D eigenvalue weighted by atomic mass is 32.2. The van der Waals surface area contributed by atoms with Crippen molar-refractivity contribution in [1.82, 2.24) is 0 Å². The molecule has 0 radical (unpaired) electrons. The van der Waals surface area contributed by atoms with Gasteiger partial charge in [0.05, 0.1) is 10.3 Å². The zero-order chi connectivity index (χ0) is 31.7. The van der Waals surface area contributed by atoms with Crippen LogP contribution in [0.4, 0.5) is 17.1 Å². The van der Waals surface area contributed by atoms with Crippen LogP contribution in [0, 0.1) is 0 Å². The van der Waals surface area contributed by atoms with E-state index in [2.05, 4.69) is 10.2 Å². The van der Waals surface area contributed by atoms with Gasteiger partial charge in [0.25, 0.3) is 40.5 Å². The molecular weight excluding hydrogens is 650 g/mol. The average molecular weight is 666 g/mol. The van der Waals surface area contributed by atoms with Gasteiger partial charge in [0.1, 0.15) is 37.6 Å². The van der Waals surface area contributed by atoms with Gasteiger partial charge < -0.3 is 21.1 Å². The maximum absolute atomic E-state index is 12.1. The molecule has 42 heavy (non-hydrogen) atoms. The summed E-state index contributed by atoms with van der Waals surface area (Å²) >= 11 is 0. The Labute approximate surface area is 235 Å². The molecule has 0 bridgehead atoms. The molecular formula is C20H15N3O15S4. The number of nitrogens with zero attached hydrogens (tertiary/aromatic N) is 2. The zero-order valence-electron chi connectivity index (χ0n) is 20.0. The first kappa shape index (κ1) is 30.8. The lowest BCUT2D eigenvalue weighted by Gasteiger charge is -2.13. The van der Waals surface area contributed by atoms with Gasteiger partial charge >= 0.3 is 0 Å². The second-order valence-electron chi connectivity index (χ2n) is 8.39. The Morgan fingerprint density at radius 3 is 1.60 bits per heavy atom. The number of fused-ring (bicyclic) bond motifs is 2. The molecule has 0 aromatic heterocycles. The molecule has 0 amide bonds. The monoisotopic (exact) mass is 665 g/mol. The number of hydrogen-bond donors (Lipinski definition) is 8. The summed E-state index contributed by atoms with van der Waals surface area (Å²) in [5, 5.41) is 35.6. The number of benzene rings is 4. The molecule has 0 saturated carbocycles. The molecule has 22 heteroatoms. The lowest BCUT2D eigenvalue weighted by Crippen LogP contribution is -2.05. The van der Waals surface area contributed by atoms with Crippen LogP contribution in [0.5, 0.6) is 17.2 Å². The van der Waals surface area contributed by atoms with E-state index in [-0.39, 0.29) is 0 Å². The summed E-state index contributed by atoms with van der Waals surface area (Å²) in [5.41, 5.74) is 3.35. The van der Waals surface area contributed by atoms with Crippen molar-refractivity contribution in [2.24, 2.45) is 10.2 Å². The Hall–Kier alpha value is -4.16. The summed E-state index contributed by atoms with van der Waals surface area (Å²) < 4.78 is 133. The second-order valence-corrected chi connectivity index (χ2v) is 14.0. The van der Waals surface area contributed by atoms with Crippen molar-refractivity contribution in [3.8, 4) is 17.2 Å². The van der Waals surface area contributed by atoms with Gasteiger partial charge in [-0.3, -0.25) is 18.2 Å². The first-order chi connectivity index (χ1) is 19.0. The van der Waals surface area contributed by atoms with E-state index in [4.69, 9.17) is 5.73 Å². The van der Waals surface area contributed by atoms with Crippen molar-refractivity contribution in [2.75, 3.05) is 5.73 Å². The van der Waals surface area contributed by atoms with Gasteiger partial charge in [-0.25, -0.2) is 0 Å². The lowest BCUT2D eigenvalue weighted by molar-refractivity contribution is 0.464.